The lowest BCUT2D eigenvalue weighted by atomic mass is 10.1. The van der Waals surface area contributed by atoms with Crippen LogP contribution in [0.3, 0.4) is 0 Å². The number of nitrogens with one attached hydrogen (secondary N) is 2. The van der Waals surface area contributed by atoms with Crippen LogP contribution < -0.4 is 14.8 Å². The minimum Gasteiger partial charge on any atom is -0.507 e. The van der Waals surface area contributed by atoms with Crippen LogP contribution in [0.5, 0.6) is 17.2 Å². The maximum atomic E-state index is 12.5. The minimum atomic E-state index is -0.387. The number of nitrogens with zero attached hydrogens (tertiary/aromatic N) is 1. The Labute approximate surface area is 150 Å². The fourth-order valence-electron chi connectivity index (χ4n) is 2.54. The molecule has 134 valence electrons. The molecule has 1 aromatic heterocycles. The predicted molar refractivity (Wildman–Crippen MR) is 97.9 cm³/mol. The lowest BCUT2D eigenvalue weighted by molar-refractivity contribution is 0.102. The van der Waals surface area contributed by atoms with Crippen LogP contribution in [0.1, 0.15) is 16.1 Å². The van der Waals surface area contributed by atoms with Crippen molar-refractivity contribution in [3.05, 3.63) is 53.7 Å². The van der Waals surface area contributed by atoms with E-state index in [1.54, 1.807) is 43.5 Å². The number of aromatic hydroxyl groups is 1. The Morgan fingerprint density at radius 3 is 2.62 bits per heavy atom. The third kappa shape index (κ3) is 3.46. The molecule has 0 fully saturated rings. The monoisotopic (exact) mass is 353 g/mol. The summed E-state index contributed by atoms with van der Waals surface area (Å²) in [6.07, 6.45) is 0. The summed E-state index contributed by atoms with van der Waals surface area (Å²) in [7, 11) is 3.06. The lowest BCUT2D eigenvalue weighted by Gasteiger charge is -2.11. The highest BCUT2D eigenvalue weighted by atomic mass is 16.5. The Balaban J connectivity index is 1.85. The van der Waals surface area contributed by atoms with E-state index in [1.165, 1.54) is 7.11 Å². The maximum absolute atomic E-state index is 12.5. The number of hydrogen-bond acceptors (Lipinski definition) is 5. The van der Waals surface area contributed by atoms with Crippen molar-refractivity contribution >= 4 is 11.6 Å². The fraction of sp³-hybridized carbons (Fsp3) is 0.158. The molecule has 0 aliphatic rings. The third-order valence-corrected chi connectivity index (χ3v) is 3.91. The van der Waals surface area contributed by atoms with Crippen LogP contribution in [-0.4, -0.2) is 35.4 Å². The van der Waals surface area contributed by atoms with Crippen LogP contribution in [0.4, 0.5) is 5.69 Å². The topological polar surface area (TPSA) is 96.5 Å². The van der Waals surface area contributed by atoms with Gasteiger partial charge in [0.05, 0.1) is 25.6 Å². The van der Waals surface area contributed by atoms with E-state index in [1.807, 2.05) is 13.0 Å². The number of ether oxygens (including phenoxy) is 2. The van der Waals surface area contributed by atoms with Crippen molar-refractivity contribution in [3.63, 3.8) is 0 Å². The number of hydrogen-bond donors (Lipinski definition) is 3. The standard InChI is InChI=1S/C19H19N3O4/c1-11-4-6-13(17(23)8-11)14-10-16(22-21-14)19(24)20-15-9-12(25-2)5-7-18(15)26-3/h4-10,23H,1-3H3,(H,20,24)(H,21,22). The lowest BCUT2D eigenvalue weighted by Crippen LogP contribution is -2.13. The summed E-state index contributed by atoms with van der Waals surface area (Å²) in [4.78, 5) is 12.5. The number of benzene rings is 2. The van der Waals surface area contributed by atoms with Gasteiger partial charge in [-0.25, -0.2) is 0 Å². The van der Waals surface area contributed by atoms with E-state index in [-0.39, 0.29) is 17.4 Å². The second kappa shape index (κ2) is 7.18. The van der Waals surface area contributed by atoms with Crippen molar-refractivity contribution in [3.8, 4) is 28.5 Å². The number of anilines is 1. The van der Waals surface area contributed by atoms with Crippen molar-refractivity contribution in [2.24, 2.45) is 0 Å². The molecule has 7 nitrogen and oxygen atoms in total. The number of phenols is 1. The zero-order chi connectivity index (χ0) is 18.7. The van der Waals surface area contributed by atoms with Gasteiger partial charge >= 0.3 is 0 Å². The highest BCUT2D eigenvalue weighted by Gasteiger charge is 2.15. The highest BCUT2D eigenvalue weighted by Crippen LogP contribution is 2.31. The van der Waals surface area contributed by atoms with Crippen molar-refractivity contribution < 1.29 is 19.4 Å². The molecule has 0 atom stereocenters. The van der Waals surface area contributed by atoms with Crippen LogP contribution in [-0.2, 0) is 0 Å². The van der Waals surface area contributed by atoms with Crippen LogP contribution >= 0.6 is 0 Å². The molecule has 0 aliphatic carbocycles. The average molecular weight is 353 g/mol. The zero-order valence-corrected chi connectivity index (χ0v) is 14.7. The SMILES string of the molecule is COc1ccc(OC)c(NC(=O)c2cc(-c3ccc(C)cc3O)n[nH]2)c1. The van der Waals surface area contributed by atoms with Gasteiger partial charge in [0.15, 0.2) is 0 Å². The molecule has 0 saturated carbocycles. The second-order valence-corrected chi connectivity index (χ2v) is 5.71. The predicted octanol–water partition coefficient (Wildman–Crippen LogP) is 3.36. The van der Waals surface area contributed by atoms with Gasteiger partial charge in [-0.15, -0.1) is 0 Å². The fourth-order valence-corrected chi connectivity index (χ4v) is 2.54. The molecule has 2 aromatic carbocycles. The normalized spacial score (nSPS) is 10.4. The Morgan fingerprint density at radius 2 is 1.92 bits per heavy atom. The van der Waals surface area contributed by atoms with Gasteiger partial charge in [0.2, 0.25) is 0 Å². The van der Waals surface area contributed by atoms with Crippen molar-refractivity contribution in [2.45, 2.75) is 6.92 Å². The van der Waals surface area contributed by atoms with Crippen molar-refractivity contribution in [1.29, 1.82) is 0 Å². The molecule has 0 unspecified atom stereocenters. The molecule has 1 amide bonds. The first-order chi connectivity index (χ1) is 12.5. The Bertz CT molecular complexity index is 950. The Kier molecular flexibility index (Phi) is 4.79. The molecule has 0 spiro atoms. The van der Waals surface area contributed by atoms with Crippen molar-refractivity contribution in [1.82, 2.24) is 10.2 Å². The molecule has 0 bridgehead atoms. The minimum absolute atomic E-state index is 0.109. The molecule has 0 radical (unpaired) electrons. The first-order valence-corrected chi connectivity index (χ1v) is 7.90. The smallest absolute Gasteiger partial charge is 0.273 e. The van der Waals surface area contributed by atoms with Gasteiger partial charge in [-0.3, -0.25) is 9.89 Å². The summed E-state index contributed by atoms with van der Waals surface area (Å²) in [6.45, 7) is 1.88. The number of aromatic amines is 1. The molecular weight excluding hydrogens is 334 g/mol. The number of aryl methyl sites for hydroxylation is 1. The Morgan fingerprint density at radius 1 is 1.12 bits per heavy atom. The highest BCUT2D eigenvalue weighted by molar-refractivity contribution is 6.04. The average Bonchev–Trinajstić information content (AvgIpc) is 3.11. The number of rotatable bonds is 5. The van der Waals surface area contributed by atoms with Crippen LogP contribution in [0.2, 0.25) is 0 Å². The van der Waals surface area contributed by atoms with Gasteiger partial charge in [0.1, 0.15) is 22.9 Å². The van der Waals surface area contributed by atoms with Gasteiger partial charge in [-0.2, -0.15) is 5.10 Å². The summed E-state index contributed by atoms with van der Waals surface area (Å²) in [5.74, 6) is 0.825. The van der Waals surface area contributed by atoms with E-state index in [0.717, 1.165) is 5.56 Å². The number of carbonyl (C=O) groups excluding carboxylic acids is 1. The van der Waals surface area contributed by atoms with Crippen molar-refractivity contribution in [2.75, 3.05) is 19.5 Å². The summed E-state index contributed by atoms with van der Waals surface area (Å²) in [5, 5.41) is 19.6. The number of phenolic OH excluding ortho intramolecular Hbond substituents is 1. The van der Waals surface area contributed by atoms with Gasteiger partial charge in [-0.05, 0) is 42.8 Å². The molecule has 3 aromatic rings. The summed E-state index contributed by atoms with van der Waals surface area (Å²) in [5.41, 5.74) is 2.69. The molecule has 7 heteroatoms. The molecular formula is C19H19N3O4. The number of amides is 1. The first-order valence-electron chi connectivity index (χ1n) is 7.90. The molecule has 0 saturated heterocycles. The van der Waals surface area contributed by atoms with Gasteiger partial charge in [0, 0.05) is 11.6 Å². The van der Waals surface area contributed by atoms with E-state index in [9.17, 15) is 9.90 Å². The van der Waals surface area contributed by atoms with E-state index in [2.05, 4.69) is 15.5 Å². The van der Waals surface area contributed by atoms with Crippen LogP contribution in [0, 0.1) is 6.92 Å². The van der Waals surface area contributed by atoms with Crippen LogP contribution in [0.25, 0.3) is 11.3 Å². The number of methoxy groups -OCH3 is 2. The van der Waals surface area contributed by atoms with E-state index >= 15 is 0 Å². The molecule has 3 N–H and O–H groups in total. The summed E-state index contributed by atoms with van der Waals surface area (Å²) >= 11 is 0. The van der Waals surface area contributed by atoms with Gasteiger partial charge in [0.25, 0.3) is 5.91 Å². The van der Waals surface area contributed by atoms with Gasteiger partial charge < -0.3 is 19.9 Å². The third-order valence-electron chi connectivity index (χ3n) is 3.91. The quantitative estimate of drug-likeness (QED) is 0.653. The largest absolute Gasteiger partial charge is 0.507 e. The number of carbonyl (C=O) groups is 1. The van der Waals surface area contributed by atoms with E-state index in [0.29, 0.717) is 28.4 Å². The molecule has 26 heavy (non-hydrogen) atoms. The summed E-state index contributed by atoms with van der Waals surface area (Å²) < 4.78 is 10.4. The Hall–Kier alpha value is -3.48. The molecule has 1 heterocycles. The number of aromatic nitrogens is 2. The number of H-pyrrole nitrogens is 1. The maximum Gasteiger partial charge on any atom is 0.273 e. The zero-order valence-electron chi connectivity index (χ0n) is 14.7. The first kappa shape index (κ1) is 17.3. The second-order valence-electron chi connectivity index (χ2n) is 5.71. The molecule has 0 aliphatic heterocycles. The summed E-state index contributed by atoms with van der Waals surface area (Å²) in [6, 6.07) is 12.0. The van der Waals surface area contributed by atoms with Gasteiger partial charge in [-0.1, -0.05) is 6.07 Å². The van der Waals surface area contributed by atoms with Crippen LogP contribution in [0.15, 0.2) is 42.5 Å². The van der Waals surface area contributed by atoms with E-state index in [4.69, 9.17) is 9.47 Å². The van der Waals surface area contributed by atoms with E-state index < -0.39 is 0 Å². The molecule has 3 rings (SSSR count).